The predicted octanol–water partition coefficient (Wildman–Crippen LogP) is 2.17. The van der Waals surface area contributed by atoms with Crippen molar-refractivity contribution in [2.45, 2.75) is 52.1 Å². The lowest BCUT2D eigenvalue weighted by molar-refractivity contribution is 0.199. The van der Waals surface area contributed by atoms with Crippen molar-refractivity contribution < 1.29 is 4.21 Å². The summed E-state index contributed by atoms with van der Waals surface area (Å²) in [4.78, 5) is 0. The zero-order chi connectivity index (χ0) is 11.4. The molecule has 1 rings (SSSR count). The maximum Gasteiger partial charge on any atom is 0.0383 e. The molecule has 1 fully saturated rings. The summed E-state index contributed by atoms with van der Waals surface area (Å²) in [6.45, 7) is 6.82. The topological polar surface area (TPSA) is 29.1 Å². The molecule has 0 saturated heterocycles. The van der Waals surface area contributed by atoms with E-state index in [2.05, 4.69) is 26.1 Å². The van der Waals surface area contributed by atoms with Crippen LogP contribution in [0.4, 0.5) is 0 Å². The van der Waals surface area contributed by atoms with Crippen molar-refractivity contribution >= 4 is 10.8 Å². The van der Waals surface area contributed by atoms with Crippen LogP contribution in [-0.4, -0.2) is 28.3 Å². The molecule has 0 radical (unpaired) electrons. The monoisotopic (exact) mass is 231 g/mol. The Morgan fingerprint density at radius 3 is 2.33 bits per heavy atom. The van der Waals surface area contributed by atoms with Gasteiger partial charge in [0.2, 0.25) is 0 Å². The van der Waals surface area contributed by atoms with Crippen LogP contribution in [0.25, 0.3) is 0 Å². The van der Waals surface area contributed by atoms with Crippen LogP contribution in [-0.2, 0) is 10.8 Å². The Morgan fingerprint density at radius 1 is 1.33 bits per heavy atom. The molecule has 0 amide bonds. The van der Waals surface area contributed by atoms with E-state index < -0.39 is 10.8 Å². The summed E-state index contributed by atoms with van der Waals surface area (Å²) in [7, 11) is -0.685. The van der Waals surface area contributed by atoms with Gasteiger partial charge in [0.25, 0.3) is 0 Å². The third-order valence-electron chi connectivity index (χ3n) is 3.51. The van der Waals surface area contributed by atoms with Crippen molar-refractivity contribution in [2.24, 2.45) is 11.8 Å². The van der Waals surface area contributed by atoms with Gasteiger partial charge in [-0.1, -0.05) is 20.3 Å². The molecule has 2 nitrogen and oxygen atoms in total. The fraction of sp³-hybridized carbons (Fsp3) is 1.00. The molecule has 1 aliphatic rings. The van der Waals surface area contributed by atoms with Crippen molar-refractivity contribution in [3.05, 3.63) is 0 Å². The normalized spacial score (nSPS) is 36.1. The van der Waals surface area contributed by atoms with E-state index in [0.29, 0.717) is 12.1 Å². The average Bonchev–Trinajstić information content (AvgIpc) is 2.10. The highest BCUT2D eigenvalue weighted by Gasteiger charge is 2.28. The first-order valence-electron chi connectivity index (χ1n) is 6.06. The molecule has 0 aliphatic heterocycles. The minimum Gasteiger partial charge on any atom is -0.310 e. The number of nitrogens with one attached hydrogen (secondary N) is 1. The largest absolute Gasteiger partial charge is 0.310 e. The zero-order valence-electron chi connectivity index (χ0n) is 10.5. The van der Waals surface area contributed by atoms with Crippen LogP contribution in [0, 0.1) is 11.8 Å². The SMILES string of the molecule is CC(CS(C)=O)NC1C(C)CCCC1C. The third-order valence-corrected chi connectivity index (χ3v) is 4.48. The van der Waals surface area contributed by atoms with E-state index in [1.807, 2.05) is 0 Å². The molecule has 4 atom stereocenters. The van der Waals surface area contributed by atoms with E-state index in [9.17, 15) is 4.21 Å². The van der Waals surface area contributed by atoms with E-state index in [-0.39, 0.29) is 0 Å². The van der Waals surface area contributed by atoms with Crippen molar-refractivity contribution in [1.82, 2.24) is 5.32 Å². The van der Waals surface area contributed by atoms with Gasteiger partial charge >= 0.3 is 0 Å². The molecule has 1 N–H and O–H groups in total. The third kappa shape index (κ3) is 4.23. The molecule has 3 heteroatoms. The van der Waals surface area contributed by atoms with Gasteiger partial charge in [-0.3, -0.25) is 4.21 Å². The lowest BCUT2D eigenvalue weighted by atomic mass is 9.78. The molecule has 90 valence electrons. The molecule has 0 bridgehead atoms. The summed E-state index contributed by atoms with van der Waals surface area (Å²) in [5.41, 5.74) is 0. The summed E-state index contributed by atoms with van der Waals surface area (Å²) in [6, 6.07) is 1.00. The molecular weight excluding hydrogens is 206 g/mol. The lowest BCUT2D eigenvalue weighted by Crippen LogP contribution is -2.48. The van der Waals surface area contributed by atoms with Crippen molar-refractivity contribution in [2.75, 3.05) is 12.0 Å². The molecule has 0 spiro atoms. The molecule has 1 saturated carbocycles. The molecule has 1 aliphatic carbocycles. The van der Waals surface area contributed by atoms with Crippen LogP contribution in [0.5, 0.6) is 0 Å². The average molecular weight is 231 g/mol. The summed E-state index contributed by atoms with van der Waals surface area (Å²) in [5, 5.41) is 3.66. The minimum atomic E-state index is -0.685. The second-order valence-electron chi connectivity index (χ2n) is 5.22. The Labute approximate surface area is 96.7 Å². The van der Waals surface area contributed by atoms with Crippen LogP contribution in [0.1, 0.15) is 40.0 Å². The van der Waals surface area contributed by atoms with Crippen molar-refractivity contribution in [3.63, 3.8) is 0 Å². The first-order chi connectivity index (χ1) is 7.00. The maximum absolute atomic E-state index is 11.1. The van der Waals surface area contributed by atoms with Crippen molar-refractivity contribution in [3.8, 4) is 0 Å². The van der Waals surface area contributed by atoms with E-state index >= 15 is 0 Å². The standard InChI is InChI=1S/C12H25NOS/c1-9-6-5-7-10(2)12(9)13-11(3)8-15(4)14/h9-13H,5-8H2,1-4H3. The smallest absolute Gasteiger partial charge is 0.0383 e. The predicted molar refractivity (Wildman–Crippen MR) is 67.5 cm³/mol. The first-order valence-corrected chi connectivity index (χ1v) is 7.79. The van der Waals surface area contributed by atoms with Gasteiger partial charge in [-0.25, -0.2) is 0 Å². The Morgan fingerprint density at radius 2 is 1.87 bits per heavy atom. The van der Waals surface area contributed by atoms with Crippen LogP contribution < -0.4 is 5.32 Å². The molecule has 15 heavy (non-hydrogen) atoms. The highest BCUT2D eigenvalue weighted by Crippen LogP contribution is 2.29. The fourth-order valence-corrected chi connectivity index (χ4v) is 3.54. The van der Waals surface area contributed by atoms with Gasteiger partial charge < -0.3 is 5.32 Å². The van der Waals surface area contributed by atoms with Gasteiger partial charge in [0.1, 0.15) is 0 Å². The Hall–Kier alpha value is 0.110. The van der Waals surface area contributed by atoms with Crippen LogP contribution in [0.3, 0.4) is 0 Å². The second kappa shape index (κ2) is 6.00. The summed E-state index contributed by atoms with van der Waals surface area (Å²) in [6.07, 6.45) is 5.83. The molecule has 4 unspecified atom stereocenters. The van der Waals surface area contributed by atoms with E-state index in [0.717, 1.165) is 17.6 Å². The van der Waals surface area contributed by atoms with Crippen LogP contribution >= 0.6 is 0 Å². The van der Waals surface area contributed by atoms with Crippen LogP contribution in [0.15, 0.2) is 0 Å². The van der Waals surface area contributed by atoms with Gasteiger partial charge in [-0.15, -0.1) is 0 Å². The molecule has 0 aromatic heterocycles. The van der Waals surface area contributed by atoms with E-state index in [1.54, 1.807) is 6.26 Å². The Kier molecular flexibility index (Phi) is 5.27. The number of rotatable bonds is 4. The van der Waals surface area contributed by atoms with Gasteiger partial charge in [0, 0.05) is 34.9 Å². The Balaban J connectivity index is 2.43. The molecular formula is C12H25NOS. The summed E-state index contributed by atoms with van der Waals surface area (Å²) < 4.78 is 11.1. The lowest BCUT2D eigenvalue weighted by Gasteiger charge is -2.37. The fourth-order valence-electron chi connectivity index (χ4n) is 2.74. The zero-order valence-corrected chi connectivity index (χ0v) is 11.3. The Bertz CT molecular complexity index is 210. The van der Waals surface area contributed by atoms with Gasteiger partial charge in [0.05, 0.1) is 0 Å². The minimum absolute atomic E-state index is 0.379. The number of hydrogen-bond donors (Lipinski definition) is 1. The summed E-state index contributed by atoms with van der Waals surface area (Å²) in [5.74, 6) is 2.30. The highest BCUT2D eigenvalue weighted by molar-refractivity contribution is 7.84. The van der Waals surface area contributed by atoms with E-state index in [4.69, 9.17) is 0 Å². The van der Waals surface area contributed by atoms with Gasteiger partial charge in [-0.2, -0.15) is 0 Å². The molecule has 0 aromatic carbocycles. The van der Waals surface area contributed by atoms with Crippen LogP contribution in [0.2, 0.25) is 0 Å². The first kappa shape index (κ1) is 13.2. The van der Waals surface area contributed by atoms with E-state index in [1.165, 1.54) is 19.3 Å². The molecule has 0 heterocycles. The quantitative estimate of drug-likeness (QED) is 0.803. The van der Waals surface area contributed by atoms with Gasteiger partial charge in [0.15, 0.2) is 0 Å². The highest BCUT2D eigenvalue weighted by atomic mass is 32.2. The van der Waals surface area contributed by atoms with Gasteiger partial charge in [-0.05, 0) is 31.6 Å². The number of hydrogen-bond acceptors (Lipinski definition) is 2. The maximum atomic E-state index is 11.1. The molecule has 0 aromatic rings. The van der Waals surface area contributed by atoms with Crippen molar-refractivity contribution in [1.29, 1.82) is 0 Å². The summed E-state index contributed by atoms with van der Waals surface area (Å²) >= 11 is 0. The second-order valence-corrected chi connectivity index (χ2v) is 6.70.